The van der Waals surface area contributed by atoms with Crippen LogP contribution in [0.1, 0.15) is 28.5 Å². The third kappa shape index (κ3) is 2.94. The van der Waals surface area contributed by atoms with Crippen LogP contribution in [-0.4, -0.2) is 17.9 Å². The van der Waals surface area contributed by atoms with Crippen molar-refractivity contribution in [2.45, 2.75) is 13.3 Å². The molecular weight excluding hydrogens is 297 g/mol. The van der Waals surface area contributed by atoms with Crippen LogP contribution in [-0.2, 0) is 6.42 Å². The number of halogens is 2. The Morgan fingerprint density at radius 1 is 1.20 bits per heavy atom. The van der Waals surface area contributed by atoms with Gasteiger partial charge in [-0.1, -0.05) is 42.3 Å². The quantitative estimate of drug-likeness (QED) is 0.795. The first-order valence-corrected chi connectivity index (χ1v) is 6.86. The number of hydrogen-bond acceptors (Lipinski definition) is 3. The van der Waals surface area contributed by atoms with Gasteiger partial charge in [-0.25, -0.2) is 4.98 Å². The number of hydrogen-bond donors (Lipinski definition) is 0. The van der Waals surface area contributed by atoms with Crippen molar-refractivity contribution in [1.82, 2.24) is 4.98 Å². The fourth-order valence-corrected chi connectivity index (χ4v) is 2.31. The molecule has 0 aliphatic heterocycles. The van der Waals surface area contributed by atoms with E-state index >= 15 is 0 Å². The number of carbonyl (C=O) groups is 1. The minimum atomic E-state index is -0.218. The van der Waals surface area contributed by atoms with E-state index in [0.29, 0.717) is 15.6 Å². The van der Waals surface area contributed by atoms with Crippen LogP contribution < -0.4 is 4.74 Å². The van der Waals surface area contributed by atoms with Gasteiger partial charge in [-0.05, 0) is 30.2 Å². The molecule has 1 heterocycles. The van der Waals surface area contributed by atoms with E-state index in [4.69, 9.17) is 27.9 Å². The molecule has 20 heavy (non-hydrogen) atoms. The summed E-state index contributed by atoms with van der Waals surface area (Å²) in [5.41, 5.74) is 1.76. The van der Waals surface area contributed by atoms with E-state index < -0.39 is 0 Å². The van der Waals surface area contributed by atoms with Crippen LogP contribution in [0.5, 0.6) is 5.88 Å². The lowest BCUT2D eigenvalue weighted by Crippen LogP contribution is -2.05. The predicted molar refractivity (Wildman–Crippen MR) is 80.1 cm³/mol. The van der Waals surface area contributed by atoms with Gasteiger partial charge in [-0.2, -0.15) is 0 Å². The van der Waals surface area contributed by atoms with Gasteiger partial charge in [-0.15, -0.1) is 0 Å². The number of methoxy groups -OCH3 is 1. The van der Waals surface area contributed by atoms with Crippen LogP contribution in [0, 0.1) is 0 Å². The number of nitrogens with zero attached hydrogens (tertiary/aromatic N) is 1. The summed E-state index contributed by atoms with van der Waals surface area (Å²) in [6, 6.07) is 8.40. The Bertz CT molecular complexity index is 656. The average Bonchev–Trinajstić information content (AvgIpc) is 2.47. The topological polar surface area (TPSA) is 39.2 Å². The first-order valence-electron chi connectivity index (χ1n) is 6.10. The number of ether oxygens (including phenoxy) is 1. The summed E-state index contributed by atoms with van der Waals surface area (Å²) in [6.07, 6.45) is 0.820. The van der Waals surface area contributed by atoms with E-state index in [1.54, 1.807) is 24.3 Å². The number of aryl methyl sites for hydroxylation is 1. The van der Waals surface area contributed by atoms with Gasteiger partial charge in [0.15, 0.2) is 0 Å². The molecule has 0 aliphatic carbocycles. The van der Waals surface area contributed by atoms with Gasteiger partial charge >= 0.3 is 0 Å². The van der Waals surface area contributed by atoms with Gasteiger partial charge in [0.2, 0.25) is 11.7 Å². The van der Waals surface area contributed by atoms with Crippen molar-refractivity contribution in [3.63, 3.8) is 0 Å². The van der Waals surface area contributed by atoms with E-state index in [9.17, 15) is 4.79 Å². The summed E-state index contributed by atoms with van der Waals surface area (Å²) >= 11 is 12.0. The van der Waals surface area contributed by atoms with Crippen molar-refractivity contribution >= 4 is 29.0 Å². The zero-order chi connectivity index (χ0) is 14.7. The number of carbonyl (C=O) groups excluding carboxylic acids is 1. The number of ketones is 1. The Morgan fingerprint density at radius 2 is 1.95 bits per heavy atom. The number of aromatic nitrogens is 1. The number of rotatable bonds is 4. The summed E-state index contributed by atoms with van der Waals surface area (Å²) in [4.78, 5) is 16.5. The molecule has 0 saturated heterocycles. The van der Waals surface area contributed by atoms with Crippen molar-refractivity contribution in [1.29, 1.82) is 0 Å². The maximum absolute atomic E-state index is 12.4. The summed E-state index contributed by atoms with van der Waals surface area (Å²) in [5, 5.41) is 0.947. The van der Waals surface area contributed by atoms with Crippen LogP contribution >= 0.6 is 23.2 Å². The monoisotopic (exact) mass is 309 g/mol. The fourth-order valence-electron chi connectivity index (χ4n) is 1.82. The van der Waals surface area contributed by atoms with Gasteiger partial charge in [0.05, 0.1) is 7.11 Å². The molecule has 1 aromatic heterocycles. The summed E-state index contributed by atoms with van der Waals surface area (Å²) < 4.78 is 5.01. The molecule has 5 heteroatoms. The molecule has 0 fully saturated rings. The van der Waals surface area contributed by atoms with Crippen molar-refractivity contribution in [2.75, 3.05) is 7.11 Å². The lowest BCUT2D eigenvalue weighted by Gasteiger charge is -2.07. The van der Waals surface area contributed by atoms with Crippen LogP contribution in [0.4, 0.5) is 0 Å². The van der Waals surface area contributed by atoms with Crippen LogP contribution in [0.25, 0.3) is 0 Å². The first-order chi connectivity index (χ1) is 9.56. The molecule has 0 atom stereocenters. The van der Waals surface area contributed by atoms with Crippen molar-refractivity contribution in [3.8, 4) is 5.88 Å². The van der Waals surface area contributed by atoms with Gasteiger partial charge < -0.3 is 4.74 Å². The maximum Gasteiger partial charge on any atom is 0.232 e. The summed E-state index contributed by atoms with van der Waals surface area (Å²) in [7, 11) is 1.45. The second-order valence-corrected chi connectivity index (χ2v) is 4.99. The Morgan fingerprint density at radius 3 is 2.55 bits per heavy atom. The molecule has 1 aromatic carbocycles. The molecule has 0 spiro atoms. The highest BCUT2D eigenvalue weighted by Gasteiger charge is 2.14. The Balaban J connectivity index is 2.38. The van der Waals surface area contributed by atoms with Crippen molar-refractivity contribution in [2.24, 2.45) is 0 Å². The van der Waals surface area contributed by atoms with Gasteiger partial charge in [-0.3, -0.25) is 4.79 Å². The van der Waals surface area contributed by atoms with Crippen molar-refractivity contribution in [3.05, 3.63) is 57.2 Å². The molecule has 0 aliphatic rings. The SMILES string of the molecule is CCc1ccc(C(=O)c2ccc(Cl)c(OC)n2)cc1Cl. The normalized spacial score (nSPS) is 10.4. The van der Waals surface area contributed by atoms with E-state index in [1.807, 2.05) is 13.0 Å². The molecular formula is C15H13Cl2NO2. The molecule has 3 nitrogen and oxygen atoms in total. The number of benzene rings is 1. The molecule has 0 radical (unpaired) electrons. The zero-order valence-corrected chi connectivity index (χ0v) is 12.6. The predicted octanol–water partition coefficient (Wildman–Crippen LogP) is 4.19. The van der Waals surface area contributed by atoms with E-state index in [-0.39, 0.29) is 17.4 Å². The maximum atomic E-state index is 12.4. The molecule has 2 aromatic rings. The smallest absolute Gasteiger partial charge is 0.232 e. The summed E-state index contributed by atoms with van der Waals surface area (Å²) in [5.74, 6) is 0.0123. The highest BCUT2D eigenvalue weighted by Crippen LogP contribution is 2.24. The van der Waals surface area contributed by atoms with Crippen LogP contribution in [0.3, 0.4) is 0 Å². The Labute approximate surface area is 127 Å². The summed E-state index contributed by atoms with van der Waals surface area (Å²) in [6.45, 7) is 2.01. The third-order valence-electron chi connectivity index (χ3n) is 2.94. The average molecular weight is 310 g/mol. The largest absolute Gasteiger partial charge is 0.480 e. The van der Waals surface area contributed by atoms with Gasteiger partial charge in [0.25, 0.3) is 0 Å². The Kier molecular flexibility index (Phi) is 4.63. The minimum Gasteiger partial charge on any atom is -0.480 e. The highest BCUT2D eigenvalue weighted by atomic mass is 35.5. The van der Waals surface area contributed by atoms with Crippen LogP contribution in [0.2, 0.25) is 10.0 Å². The standard InChI is InChI=1S/C15H13Cl2NO2/c1-3-9-4-5-10(8-12(9)17)14(19)13-7-6-11(16)15(18-13)20-2/h4-8H,3H2,1-2H3. The molecule has 2 rings (SSSR count). The Hall–Kier alpha value is -1.58. The van der Waals surface area contributed by atoms with Gasteiger partial charge in [0, 0.05) is 10.6 Å². The number of pyridine rings is 1. The fraction of sp³-hybridized carbons (Fsp3) is 0.200. The van der Waals surface area contributed by atoms with Gasteiger partial charge in [0.1, 0.15) is 10.7 Å². The van der Waals surface area contributed by atoms with E-state index in [1.165, 1.54) is 7.11 Å². The molecule has 0 saturated carbocycles. The third-order valence-corrected chi connectivity index (χ3v) is 3.58. The zero-order valence-electron chi connectivity index (χ0n) is 11.1. The first kappa shape index (κ1) is 14.8. The molecule has 0 bridgehead atoms. The molecule has 0 unspecified atom stereocenters. The minimum absolute atomic E-state index is 0.218. The van der Waals surface area contributed by atoms with Crippen molar-refractivity contribution < 1.29 is 9.53 Å². The second-order valence-electron chi connectivity index (χ2n) is 4.18. The molecule has 0 N–H and O–H groups in total. The van der Waals surface area contributed by atoms with E-state index in [2.05, 4.69) is 4.98 Å². The lowest BCUT2D eigenvalue weighted by molar-refractivity contribution is 0.103. The molecule has 0 amide bonds. The second kappa shape index (κ2) is 6.25. The highest BCUT2D eigenvalue weighted by molar-refractivity contribution is 6.32. The van der Waals surface area contributed by atoms with E-state index in [0.717, 1.165) is 12.0 Å². The molecule has 104 valence electrons. The lowest BCUT2D eigenvalue weighted by atomic mass is 10.0. The van der Waals surface area contributed by atoms with Crippen LogP contribution in [0.15, 0.2) is 30.3 Å².